The molecule has 232 valence electrons. The van der Waals surface area contributed by atoms with Gasteiger partial charge in [-0.1, -0.05) is 33.8 Å². The van der Waals surface area contributed by atoms with Gasteiger partial charge in [0, 0.05) is 24.2 Å². The lowest BCUT2D eigenvalue weighted by Crippen LogP contribution is -2.59. The van der Waals surface area contributed by atoms with Crippen molar-refractivity contribution in [2.24, 2.45) is 23.2 Å². The van der Waals surface area contributed by atoms with Crippen LogP contribution in [0.2, 0.25) is 0 Å². The van der Waals surface area contributed by atoms with Crippen molar-refractivity contribution in [2.75, 3.05) is 26.8 Å². The van der Waals surface area contributed by atoms with Crippen LogP contribution in [-0.4, -0.2) is 89.6 Å². The summed E-state index contributed by atoms with van der Waals surface area (Å²) in [5.41, 5.74) is -0.136. The van der Waals surface area contributed by atoms with Gasteiger partial charge in [0.25, 0.3) is 5.91 Å². The Hall–Kier alpha value is -3.67. The average Bonchev–Trinajstić information content (AvgIpc) is 3.69. The van der Waals surface area contributed by atoms with E-state index >= 15 is 0 Å². The molecule has 4 amide bonds. The number of phenols is 1. The Morgan fingerprint density at radius 3 is 2.31 bits per heavy atom. The van der Waals surface area contributed by atoms with Crippen LogP contribution in [0.1, 0.15) is 62.9 Å². The smallest absolute Gasteiger partial charge is 0.313 e. The number of carbonyl (C=O) groups is 5. The van der Waals surface area contributed by atoms with Crippen LogP contribution in [0.4, 0.5) is 0 Å². The maximum atomic E-state index is 13.6. The molecule has 2 aliphatic rings. The number of nitrogens with zero attached hydrogens (tertiary/aromatic N) is 1. The molecule has 1 aliphatic heterocycles. The van der Waals surface area contributed by atoms with Crippen molar-refractivity contribution in [1.82, 2.24) is 20.9 Å². The number of hydrogen-bond acceptors (Lipinski definition) is 8. The lowest BCUT2D eigenvalue weighted by atomic mass is 9.95. The first kappa shape index (κ1) is 32.8. The number of hydrogen-bond donors (Lipinski definition) is 5. The molecule has 0 radical (unpaired) electrons. The summed E-state index contributed by atoms with van der Waals surface area (Å²) in [4.78, 5) is 66.9. The molecular formula is C30H44N4O8. The lowest BCUT2D eigenvalue weighted by molar-refractivity contribution is -0.152. The third kappa shape index (κ3) is 7.21. The summed E-state index contributed by atoms with van der Waals surface area (Å²) in [6.07, 6.45) is 1.65. The first-order valence-corrected chi connectivity index (χ1v) is 14.4. The molecule has 1 saturated carbocycles. The van der Waals surface area contributed by atoms with E-state index < -0.39 is 47.9 Å². The quantitative estimate of drug-likeness (QED) is 0.224. The number of methoxy groups -OCH3 is 1. The van der Waals surface area contributed by atoms with Crippen molar-refractivity contribution in [2.45, 2.75) is 72.0 Å². The van der Waals surface area contributed by atoms with Gasteiger partial charge in [0.15, 0.2) is 0 Å². The van der Waals surface area contributed by atoms with E-state index in [1.165, 1.54) is 25.3 Å². The number of likely N-dealkylation sites (tertiary alicyclic amines) is 1. The molecule has 1 aromatic rings. The highest BCUT2D eigenvalue weighted by Crippen LogP contribution is 2.58. The van der Waals surface area contributed by atoms with Crippen molar-refractivity contribution in [1.29, 1.82) is 0 Å². The summed E-state index contributed by atoms with van der Waals surface area (Å²) >= 11 is 0. The van der Waals surface area contributed by atoms with E-state index in [0.29, 0.717) is 31.4 Å². The van der Waals surface area contributed by atoms with Crippen LogP contribution in [0.15, 0.2) is 18.2 Å². The van der Waals surface area contributed by atoms with Crippen LogP contribution in [0, 0.1) is 30.1 Å². The minimum absolute atomic E-state index is 0.0378. The van der Waals surface area contributed by atoms with Crippen LogP contribution >= 0.6 is 0 Å². The molecule has 42 heavy (non-hydrogen) atoms. The van der Waals surface area contributed by atoms with E-state index in [4.69, 9.17) is 4.74 Å². The molecule has 1 aliphatic carbocycles. The van der Waals surface area contributed by atoms with Crippen molar-refractivity contribution >= 4 is 29.6 Å². The highest BCUT2D eigenvalue weighted by molar-refractivity contribution is 6.00. The molecule has 1 saturated heterocycles. The van der Waals surface area contributed by atoms with E-state index in [0.717, 1.165) is 0 Å². The minimum Gasteiger partial charge on any atom is -0.508 e. The molecule has 0 bridgehead atoms. The number of fused-ring (bicyclic) bond motifs is 1. The number of benzene rings is 1. The van der Waals surface area contributed by atoms with Gasteiger partial charge in [0.2, 0.25) is 17.7 Å². The molecule has 2 fully saturated rings. The Bertz CT molecular complexity index is 1200. The van der Waals surface area contributed by atoms with Gasteiger partial charge in [-0.25, -0.2) is 0 Å². The summed E-state index contributed by atoms with van der Waals surface area (Å²) in [5.74, 6) is -2.88. The van der Waals surface area contributed by atoms with Gasteiger partial charge in [0.05, 0.1) is 19.1 Å². The van der Waals surface area contributed by atoms with Crippen LogP contribution < -0.4 is 16.0 Å². The summed E-state index contributed by atoms with van der Waals surface area (Å²) in [5, 5.41) is 27.8. The summed E-state index contributed by atoms with van der Waals surface area (Å²) < 4.78 is 4.98. The number of aliphatic hydroxyl groups excluding tert-OH is 1. The molecule has 0 spiro atoms. The van der Waals surface area contributed by atoms with Gasteiger partial charge < -0.3 is 35.8 Å². The summed E-state index contributed by atoms with van der Waals surface area (Å²) in [6, 6.07) is 1.13. The summed E-state index contributed by atoms with van der Waals surface area (Å²) in [6.45, 7) is 8.78. The van der Waals surface area contributed by atoms with Crippen LogP contribution in [0.5, 0.6) is 5.75 Å². The zero-order valence-electron chi connectivity index (χ0n) is 25.2. The molecule has 1 heterocycles. The molecule has 2 unspecified atom stereocenters. The van der Waals surface area contributed by atoms with Gasteiger partial charge in [-0.3, -0.25) is 24.0 Å². The third-order valence-corrected chi connectivity index (χ3v) is 8.28. The lowest BCUT2D eigenvalue weighted by Gasteiger charge is -2.35. The zero-order valence-corrected chi connectivity index (χ0v) is 25.2. The topological polar surface area (TPSA) is 174 Å². The minimum atomic E-state index is -1.38. The molecule has 5 atom stereocenters. The first-order chi connectivity index (χ1) is 19.7. The zero-order chi connectivity index (χ0) is 31.4. The van der Waals surface area contributed by atoms with Crippen LogP contribution in [0.3, 0.4) is 0 Å². The van der Waals surface area contributed by atoms with E-state index in [-0.39, 0.29) is 47.5 Å². The molecule has 5 N–H and O–H groups in total. The number of carbonyl (C=O) groups excluding carboxylic acids is 5. The molecule has 3 rings (SSSR count). The number of amides is 4. The second kappa shape index (κ2) is 13.5. The Morgan fingerprint density at radius 2 is 1.71 bits per heavy atom. The van der Waals surface area contributed by atoms with Gasteiger partial charge in [0.1, 0.15) is 23.9 Å². The van der Waals surface area contributed by atoms with Crippen molar-refractivity contribution in [3.63, 3.8) is 0 Å². The highest BCUT2D eigenvalue weighted by atomic mass is 16.5. The standard InChI is InChI=1S/C30H44N4O8/c1-16(2)12-21(28(40)34-11-10-19-13-30(19,15-34)29(41)42-6)31-26(38)22(14-35)32-27(39)24(17(3)4)33-25(37)20-8-7-9-23(36)18(20)5/h7-9,16-17,19,21-22,24,35-36H,10-15H2,1-6H3,(H,31,38)(H,32,39)(H,33,37)/t19?,21-,22-,24-,30?/m0/s1. The maximum Gasteiger partial charge on any atom is 0.313 e. The fraction of sp³-hybridized carbons (Fsp3) is 0.633. The fourth-order valence-corrected chi connectivity index (χ4v) is 5.65. The van der Waals surface area contributed by atoms with Gasteiger partial charge in [-0.05, 0) is 56.1 Å². The third-order valence-electron chi connectivity index (χ3n) is 8.28. The van der Waals surface area contributed by atoms with Crippen LogP contribution in [-0.2, 0) is 23.9 Å². The molecule has 12 heteroatoms. The Balaban J connectivity index is 1.69. The van der Waals surface area contributed by atoms with E-state index in [2.05, 4.69) is 16.0 Å². The van der Waals surface area contributed by atoms with Crippen molar-refractivity contribution in [3.8, 4) is 5.75 Å². The molecule has 12 nitrogen and oxygen atoms in total. The van der Waals surface area contributed by atoms with Gasteiger partial charge in [-0.2, -0.15) is 0 Å². The molecule has 0 aromatic heterocycles. The Kier molecular flexibility index (Phi) is 10.6. The molecular weight excluding hydrogens is 544 g/mol. The first-order valence-electron chi connectivity index (χ1n) is 14.4. The monoisotopic (exact) mass is 588 g/mol. The Morgan fingerprint density at radius 1 is 1.05 bits per heavy atom. The van der Waals surface area contributed by atoms with E-state index in [1.807, 2.05) is 13.8 Å². The highest BCUT2D eigenvalue weighted by Gasteiger charge is 2.63. The fourth-order valence-electron chi connectivity index (χ4n) is 5.65. The van der Waals surface area contributed by atoms with Crippen molar-refractivity contribution in [3.05, 3.63) is 29.3 Å². The maximum absolute atomic E-state index is 13.6. The van der Waals surface area contributed by atoms with Crippen molar-refractivity contribution < 1.29 is 38.9 Å². The summed E-state index contributed by atoms with van der Waals surface area (Å²) in [7, 11) is 1.33. The van der Waals surface area contributed by atoms with Crippen LogP contribution in [0.25, 0.3) is 0 Å². The second-order valence-electron chi connectivity index (χ2n) is 12.2. The number of rotatable bonds is 12. The van der Waals surface area contributed by atoms with Gasteiger partial charge >= 0.3 is 5.97 Å². The predicted octanol–water partition coefficient (Wildman–Crippen LogP) is 0.875. The number of nitrogens with one attached hydrogen (secondary N) is 3. The largest absolute Gasteiger partial charge is 0.508 e. The number of esters is 1. The molecule has 1 aromatic carbocycles. The number of phenolic OH excluding ortho intramolecular Hbond substituents is 1. The normalized spacial score (nSPS) is 21.5. The number of ether oxygens (including phenoxy) is 1. The Labute approximate surface area is 246 Å². The number of aliphatic hydroxyl groups is 1. The number of piperidine rings is 1. The number of aromatic hydroxyl groups is 1. The van der Waals surface area contributed by atoms with E-state index in [9.17, 15) is 34.2 Å². The second-order valence-corrected chi connectivity index (χ2v) is 12.2. The van der Waals surface area contributed by atoms with Gasteiger partial charge in [-0.15, -0.1) is 0 Å². The van der Waals surface area contributed by atoms with E-state index in [1.54, 1.807) is 25.7 Å². The average molecular weight is 589 g/mol. The SMILES string of the molecule is COC(=O)C12CC1CCN(C(=O)[C@H](CC(C)C)NC(=O)[C@H](CO)NC(=O)[C@@H](NC(=O)c1cccc(O)c1C)C(C)C)C2. The predicted molar refractivity (Wildman–Crippen MR) is 153 cm³/mol.